The molecule has 1 aromatic carbocycles. The van der Waals surface area contributed by atoms with Crippen molar-refractivity contribution in [2.45, 2.75) is 101 Å². The second-order valence-corrected chi connectivity index (χ2v) is 12.6. The molecule has 0 radical (unpaired) electrons. The molecule has 4 atom stereocenters. The molecular weight excluding hydrogens is 543 g/mol. The molecule has 4 aliphatic heterocycles. The van der Waals surface area contributed by atoms with Crippen molar-refractivity contribution in [1.29, 1.82) is 0 Å². The van der Waals surface area contributed by atoms with Gasteiger partial charge in [-0.2, -0.15) is 13.2 Å². The summed E-state index contributed by atoms with van der Waals surface area (Å²) in [5, 5.41) is 0. The van der Waals surface area contributed by atoms with Crippen LogP contribution in [0.5, 0.6) is 11.5 Å². The highest BCUT2D eigenvalue weighted by atomic mass is 19.4. The van der Waals surface area contributed by atoms with Crippen LogP contribution in [0, 0.1) is 0 Å². The largest absolute Gasteiger partial charge is 0.456 e. The lowest BCUT2D eigenvalue weighted by Crippen LogP contribution is -2.54. The van der Waals surface area contributed by atoms with Crippen LogP contribution in [0.1, 0.15) is 76.3 Å². The molecular formula is C30H36F3NO7. The molecule has 11 heteroatoms. The van der Waals surface area contributed by atoms with Crippen molar-refractivity contribution in [1.82, 2.24) is 4.90 Å². The van der Waals surface area contributed by atoms with Crippen molar-refractivity contribution in [3.8, 4) is 11.5 Å². The number of nitrogens with zero attached hydrogens (tertiary/aromatic N) is 1. The van der Waals surface area contributed by atoms with E-state index in [9.17, 15) is 22.8 Å². The average molecular weight is 580 g/mol. The molecule has 0 amide bonds. The Labute approximate surface area is 237 Å². The summed E-state index contributed by atoms with van der Waals surface area (Å²) in [6.45, 7) is 5.74. The smallest absolute Gasteiger partial charge is 0.422 e. The van der Waals surface area contributed by atoms with E-state index in [0.717, 1.165) is 49.1 Å². The second-order valence-electron chi connectivity index (χ2n) is 12.6. The number of rotatable bonds is 5. The summed E-state index contributed by atoms with van der Waals surface area (Å²) in [6.07, 6.45) is 0.263. The van der Waals surface area contributed by atoms with Crippen LogP contribution in [0.3, 0.4) is 0 Å². The van der Waals surface area contributed by atoms with E-state index in [1.54, 1.807) is 13.8 Å². The maximum atomic E-state index is 14.1. The number of fused-ring (bicyclic) bond motifs is 3. The van der Waals surface area contributed by atoms with Gasteiger partial charge in [0.25, 0.3) is 0 Å². The summed E-state index contributed by atoms with van der Waals surface area (Å²) >= 11 is 0. The number of ether oxygens (including phenoxy) is 5. The van der Waals surface area contributed by atoms with E-state index >= 15 is 0 Å². The van der Waals surface area contributed by atoms with E-state index < -0.39 is 48.4 Å². The highest BCUT2D eigenvalue weighted by molar-refractivity contribution is 5.86. The lowest BCUT2D eigenvalue weighted by Gasteiger charge is -2.44. The summed E-state index contributed by atoms with van der Waals surface area (Å²) in [5.74, 6) is -0.778. The van der Waals surface area contributed by atoms with Crippen molar-refractivity contribution < 1.29 is 46.4 Å². The van der Waals surface area contributed by atoms with Crippen molar-refractivity contribution in [2.75, 3.05) is 26.5 Å². The molecule has 0 saturated carbocycles. The number of hydrogen-bond acceptors (Lipinski definition) is 8. The Morgan fingerprint density at radius 1 is 1.07 bits per heavy atom. The summed E-state index contributed by atoms with van der Waals surface area (Å²) < 4.78 is 66.7. The van der Waals surface area contributed by atoms with Gasteiger partial charge in [-0.25, -0.2) is 4.79 Å². The fourth-order valence-electron chi connectivity index (χ4n) is 7.64. The van der Waals surface area contributed by atoms with Crippen LogP contribution in [-0.2, 0) is 30.2 Å². The molecule has 41 heavy (non-hydrogen) atoms. The number of benzene rings is 1. The quantitative estimate of drug-likeness (QED) is 0.357. The van der Waals surface area contributed by atoms with Gasteiger partial charge in [-0.15, -0.1) is 0 Å². The summed E-state index contributed by atoms with van der Waals surface area (Å²) in [5.41, 5.74) is 0.160. The van der Waals surface area contributed by atoms with Crippen molar-refractivity contribution in [3.05, 3.63) is 34.9 Å². The highest BCUT2D eigenvalue weighted by Gasteiger charge is 2.58. The van der Waals surface area contributed by atoms with E-state index in [1.807, 2.05) is 19.1 Å². The fraction of sp³-hybridized carbons (Fsp3) is 0.667. The molecule has 1 spiro atoms. The number of halogens is 3. The van der Waals surface area contributed by atoms with Gasteiger partial charge >= 0.3 is 18.1 Å². The molecule has 8 nitrogen and oxygen atoms in total. The number of esters is 2. The molecule has 3 unspecified atom stereocenters. The normalized spacial score (nSPS) is 31.9. The molecule has 0 N–H and O–H groups in total. The van der Waals surface area contributed by atoms with Gasteiger partial charge in [0, 0.05) is 12.5 Å². The van der Waals surface area contributed by atoms with Gasteiger partial charge in [0.2, 0.25) is 6.79 Å². The highest BCUT2D eigenvalue weighted by Crippen LogP contribution is 2.56. The maximum Gasteiger partial charge on any atom is 0.422 e. The van der Waals surface area contributed by atoms with Gasteiger partial charge in [-0.05, 0) is 94.7 Å². The lowest BCUT2D eigenvalue weighted by molar-refractivity contribution is -0.219. The van der Waals surface area contributed by atoms with Gasteiger partial charge in [-0.3, -0.25) is 9.69 Å². The monoisotopic (exact) mass is 579 g/mol. The zero-order valence-corrected chi connectivity index (χ0v) is 23.6. The third-order valence-corrected chi connectivity index (χ3v) is 9.25. The summed E-state index contributed by atoms with van der Waals surface area (Å²) in [7, 11) is 0. The minimum atomic E-state index is -4.68. The van der Waals surface area contributed by atoms with Crippen LogP contribution in [0.25, 0.3) is 0 Å². The maximum absolute atomic E-state index is 14.1. The minimum Gasteiger partial charge on any atom is -0.456 e. The molecule has 6 rings (SSSR count). The zero-order chi connectivity index (χ0) is 29.2. The van der Waals surface area contributed by atoms with E-state index in [2.05, 4.69) is 15.7 Å². The second kappa shape index (κ2) is 9.90. The SMILES string of the molecule is CC1=CC23CCCN2CCc2cc4c(cc2[C@@H]3C1OC(=O)C1(CC(=O)OCC(F)(F)F)CCCC(C)(C)O1)OCO4. The fourth-order valence-corrected chi connectivity index (χ4v) is 7.64. The summed E-state index contributed by atoms with van der Waals surface area (Å²) in [4.78, 5) is 29.2. The van der Waals surface area contributed by atoms with E-state index in [-0.39, 0.29) is 24.7 Å². The lowest BCUT2D eigenvalue weighted by atomic mass is 9.77. The van der Waals surface area contributed by atoms with Crippen LogP contribution < -0.4 is 9.47 Å². The number of alkyl halides is 3. The standard InChI is InChI=1S/C30H36F3NO7/c1-18-14-28-8-5-10-34(28)11-6-19-12-21-22(39-17-38-21)13-20(19)24(28)25(18)40-26(36)29(9-4-7-27(2,3)41-29)15-23(35)37-16-30(31,32)33/h12-14,24-25H,4-11,15-17H2,1-3H3/t24-,25?,28?,29?/m1/s1. The predicted octanol–water partition coefficient (Wildman–Crippen LogP) is 4.97. The van der Waals surface area contributed by atoms with E-state index in [0.29, 0.717) is 24.3 Å². The van der Waals surface area contributed by atoms with Crippen molar-refractivity contribution in [2.24, 2.45) is 0 Å². The first-order chi connectivity index (χ1) is 19.3. The number of carbonyl (C=O) groups is 2. The third kappa shape index (κ3) is 5.09. The molecule has 224 valence electrons. The first-order valence-corrected chi connectivity index (χ1v) is 14.3. The Morgan fingerprint density at radius 3 is 2.56 bits per heavy atom. The Kier molecular flexibility index (Phi) is 6.84. The van der Waals surface area contributed by atoms with Crippen LogP contribution >= 0.6 is 0 Å². The topological polar surface area (TPSA) is 83.5 Å². The van der Waals surface area contributed by atoms with Gasteiger partial charge in [0.15, 0.2) is 23.7 Å². The Bertz CT molecular complexity index is 1280. The molecule has 1 aromatic rings. The van der Waals surface area contributed by atoms with Crippen molar-refractivity contribution in [3.63, 3.8) is 0 Å². The zero-order valence-electron chi connectivity index (χ0n) is 23.6. The van der Waals surface area contributed by atoms with Crippen LogP contribution in [-0.4, -0.2) is 72.3 Å². The predicted molar refractivity (Wildman–Crippen MR) is 140 cm³/mol. The number of hydrogen-bond donors (Lipinski definition) is 0. The van der Waals surface area contributed by atoms with Crippen LogP contribution in [0.4, 0.5) is 13.2 Å². The number of carbonyl (C=O) groups excluding carboxylic acids is 2. The molecule has 2 fully saturated rings. The minimum absolute atomic E-state index is 0.142. The molecule has 0 aromatic heterocycles. The molecule has 2 saturated heterocycles. The van der Waals surface area contributed by atoms with Crippen LogP contribution in [0.2, 0.25) is 0 Å². The third-order valence-electron chi connectivity index (χ3n) is 9.25. The van der Waals surface area contributed by atoms with E-state index in [1.165, 1.54) is 0 Å². The Balaban J connectivity index is 1.34. The molecule has 4 heterocycles. The van der Waals surface area contributed by atoms with Gasteiger partial charge < -0.3 is 23.7 Å². The van der Waals surface area contributed by atoms with Crippen molar-refractivity contribution >= 4 is 11.9 Å². The Hall–Kier alpha value is -2.79. The van der Waals surface area contributed by atoms with Gasteiger partial charge in [0.1, 0.15) is 6.10 Å². The first kappa shape index (κ1) is 28.3. The average Bonchev–Trinajstić information content (AvgIpc) is 3.55. The Morgan fingerprint density at radius 2 is 1.83 bits per heavy atom. The molecule has 5 aliphatic rings. The summed E-state index contributed by atoms with van der Waals surface area (Å²) in [6, 6.07) is 4.02. The van der Waals surface area contributed by atoms with E-state index in [4.69, 9.17) is 18.9 Å². The van der Waals surface area contributed by atoms with Gasteiger partial charge in [0.05, 0.1) is 17.6 Å². The van der Waals surface area contributed by atoms with Crippen LogP contribution in [0.15, 0.2) is 23.8 Å². The molecule has 1 aliphatic carbocycles. The molecule has 0 bridgehead atoms. The first-order valence-electron chi connectivity index (χ1n) is 14.3. The van der Waals surface area contributed by atoms with Gasteiger partial charge in [-0.1, -0.05) is 6.08 Å².